The summed E-state index contributed by atoms with van der Waals surface area (Å²) in [6.45, 7) is 8.21. The molecular formula is C25H26O4. The second-order valence-electron chi connectivity index (χ2n) is 8.74. The molecule has 4 nitrogen and oxygen atoms in total. The van der Waals surface area contributed by atoms with Crippen molar-refractivity contribution in [3.8, 4) is 11.5 Å². The molecule has 4 rings (SSSR count). The molecule has 0 aliphatic heterocycles. The van der Waals surface area contributed by atoms with Gasteiger partial charge in [0.1, 0.15) is 11.5 Å². The molecule has 2 bridgehead atoms. The maximum atomic E-state index is 13.1. The fourth-order valence-corrected chi connectivity index (χ4v) is 4.77. The fraction of sp³-hybridized carbons (Fsp3) is 0.360. The van der Waals surface area contributed by atoms with Gasteiger partial charge in [0.05, 0.1) is 11.1 Å². The zero-order valence-electron chi connectivity index (χ0n) is 17.3. The highest BCUT2D eigenvalue weighted by Gasteiger charge is 2.57. The van der Waals surface area contributed by atoms with Gasteiger partial charge in [-0.2, -0.15) is 0 Å². The van der Waals surface area contributed by atoms with E-state index in [4.69, 9.17) is 9.47 Å². The van der Waals surface area contributed by atoms with Crippen molar-refractivity contribution in [3.05, 3.63) is 70.8 Å². The molecule has 0 amide bonds. The summed E-state index contributed by atoms with van der Waals surface area (Å²) in [5, 5.41) is 0. The molecule has 4 heteroatoms. The summed E-state index contributed by atoms with van der Waals surface area (Å²) in [5.41, 5.74) is 3.00. The molecule has 29 heavy (non-hydrogen) atoms. The number of benzene rings is 2. The largest absolute Gasteiger partial charge is 0.423 e. The Hall–Kier alpha value is -2.88. The molecule has 2 aliphatic rings. The number of aryl methyl sites for hydroxylation is 2. The van der Waals surface area contributed by atoms with Gasteiger partial charge in [0.15, 0.2) is 0 Å². The van der Waals surface area contributed by atoms with Gasteiger partial charge >= 0.3 is 11.9 Å². The number of fused-ring (bicyclic) bond motifs is 2. The number of hydrogen-bond donors (Lipinski definition) is 0. The Kier molecular flexibility index (Phi) is 4.81. The van der Waals surface area contributed by atoms with Crippen molar-refractivity contribution in [2.24, 2.45) is 17.3 Å². The van der Waals surface area contributed by atoms with Gasteiger partial charge in [-0.3, -0.25) is 0 Å². The summed E-state index contributed by atoms with van der Waals surface area (Å²) < 4.78 is 11.3. The van der Waals surface area contributed by atoms with Gasteiger partial charge in [0, 0.05) is 0 Å². The first-order chi connectivity index (χ1) is 13.8. The first-order valence-electron chi connectivity index (χ1n) is 10.1. The predicted molar refractivity (Wildman–Crippen MR) is 111 cm³/mol. The molecule has 0 radical (unpaired) electrons. The topological polar surface area (TPSA) is 52.6 Å². The third-order valence-electron chi connectivity index (χ3n) is 6.43. The summed E-state index contributed by atoms with van der Waals surface area (Å²) in [6, 6.07) is 14.7. The van der Waals surface area contributed by atoms with Crippen molar-refractivity contribution in [3.63, 3.8) is 0 Å². The van der Waals surface area contributed by atoms with E-state index in [1.807, 2.05) is 38.1 Å². The minimum Gasteiger partial charge on any atom is -0.423 e. The van der Waals surface area contributed by atoms with Gasteiger partial charge in [-0.05, 0) is 68.2 Å². The van der Waals surface area contributed by atoms with Crippen LogP contribution in [-0.2, 0) is 9.59 Å². The van der Waals surface area contributed by atoms with Gasteiger partial charge in [0.25, 0.3) is 0 Å². The average molecular weight is 390 g/mol. The van der Waals surface area contributed by atoms with Crippen LogP contribution >= 0.6 is 0 Å². The lowest BCUT2D eigenvalue weighted by Gasteiger charge is -2.25. The monoisotopic (exact) mass is 390 g/mol. The van der Waals surface area contributed by atoms with Crippen molar-refractivity contribution < 1.29 is 19.1 Å². The predicted octanol–water partition coefficient (Wildman–Crippen LogP) is 5.18. The van der Waals surface area contributed by atoms with Crippen LogP contribution in [0.4, 0.5) is 0 Å². The highest BCUT2D eigenvalue weighted by Crippen LogP contribution is 2.60. The molecule has 0 saturated heterocycles. The normalized spacial score (nSPS) is 21.9. The van der Waals surface area contributed by atoms with Crippen LogP contribution in [0.1, 0.15) is 37.8 Å². The first kappa shape index (κ1) is 19.4. The zero-order chi connectivity index (χ0) is 20.8. The number of rotatable bonds is 4. The third-order valence-corrected chi connectivity index (χ3v) is 6.43. The lowest BCUT2D eigenvalue weighted by Crippen LogP contribution is -2.24. The van der Waals surface area contributed by atoms with Crippen LogP contribution in [-0.4, -0.2) is 11.9 Å². The summed E-state index contributed by atoms with van der Waals surface area (Å²) in [6.07, 6.45) is 1.77. The molecule has 0 aromatic heterocycles. The number of hydrogen-bond acceptors (Lipinski definition) is 4. The molecule has 0 spiro atoms. The Bertz CT molecular complexity index is 901. The van der Waals surface area contributed by atoms with Gasteiger partial charge < -0.3 is 9.47 Å². The van der Waals surface area contributed by atoms with E-state index in [0.29, 0.717) is 22.6 Å². The smallest absolute Gasteiger partial charge is 0.340 e. The number of esters is 2. The molecule has 150 valence electrons. The highest BCUT2D eigenvalue weighted by molar-refractivity contribution is 6.04. The Balaban J connectivity index is 1.65. The zero-order valence-corrected chi connectivity index (χ0v) is 17.3. The first-order valence-corrected chi connectivity index (χ1v) is 10.1. The minimum atomic E-state index is -0.440. The highest BCUT2D eigenvalue weighted by atomic mass is 16.5. The molecule has 0 heterocycles. The molecule has 2 aromatic carbocycles. The lowest BCUT2D eigenvalue weighted by atomic mass is 9.79. The van der Waals surface area contributed by atoms with Gasteiger partial charge in [0.2, 0.25) is 0 Å². The molecule has 2 aliphatic carbocycles. The lowest BCUT2D eigenvalue weighted by molar-refractivity contribution is -0.133. The fourth-order valence-electron chi connectivity index (χ4n) is 4.77. The van der Waals surface area contributed by atoms with Gasteiger partial charge in [-0.25, -0.2) is 9.59 Å². The van der Waals surface area contributed by atoms with E-state index in [-0.39, 0.29) is 17.3 Å². The quantitative estimate of drug-likeness (QED) is 0.533. The number of carbonyl (C=O) groups is 2. The van der Waals surface area contributed by atoms with Crippen LogP contribution in [0.3, 0.4) is 0 Å². The summed E-state index contributed by atoms with van der Waals surface area (Å²) in [7, 11) is 0. The van der Waals surface area contributed by atoms with E-state index < -0.39 is 11.9 Å². The Morgan fingerprint density at radius 3 is 1.41 bits per heavy atom. The van der Waals surface area contributed by atoms with E-state index in [9.17, 15) is 9.59 Å². The van der Waals surface area contributed by atoms with Crippen LogP contribution in [0.5, 0.6) is 11.5 Å². The second-order valence-corrected chi connectivity index (χ2v) is 8.74. The van der Waals surface area contributed by atoms with Crippen LogP contribution < -0.4 is 9.47 Å². The van der Waals surface area contributed by atoms with Gasteiger partial charge in [-0.15, -0.1) is 0 Å². The summed E-state index contributed by atoms with van der Waals surface area (Å²) in [5.74, 6) is 0.104. The third kappa shape index (κ3) is 3.48. The Morgan fingerprint density at radius 2 is 1.07 bits per heavy atom. The molecule has 2 aromatic rings. The van der Waals surface area contributed by atoms with E-state index in [1.54, 1.807) is 24.3 Å². The van der Waals surface area contributed by atoms with Crippen LogP contribution in [0.25, 0.3) is 0 Å². The van der Waals surface area contributed by atoms with E-state index in [1.165, 1.54) is 0 Å². The van der Waals surface area contributed by atoms with Crippen molar-refractivity contribution in [2.75, 3.05) is 0 Å². The van der Waals surface area contributed by atoms with Crippen molar-refractivity contribution in [1.29, 1.82) is 0 Å². The molecular weight excluding hydrogens is 364 g/mol. The van der Waals surface area contributed by atoms with E-state index in [2.05, 4.69) is 13.8 Å². The van der Waals surface area contributed by atoms with Crippen molar-refractivity contribution in [1.82, 2.24) is 0 Å². The standard InChI is InChI=1S/C25H26O4/c1-15-5-9-17(10-6-15)28-23(26)21-19-13-14-20(25(19,3)4)22(21)24(27)29-18-11-7-16(2)8-12-18/h5-12,19-20H,13-14H2,1-4H3. The maximum absolute atomic E-state index is 13.1. The SMILES string of the molecule is Cc1ccc(OC(=O)C2=C(C(=O)Oc3ccc(C)cc3)C3CCC2C3(C)C)cc1. The van der Waals surface area contributed by atoms with Crippen LogP contribution in [0.2, 0.25) is 0 Å². The molecule has 1 fully saturated rings. The molecule has 1 saturated carbocycles. The van der Waals surface area contributed by atoms with Crippen molar-refractivity contribution >= 4 is 11.9 Å². The second kappa shape index (κ2) is 7.18. The Labute approximate surface area is 171 Å². The maximum Gasteiger partial charge on any atom is 0.340 e. The van der Waals surface area contributed by atoms with E-state index >= 15 is 0 Å². The molecule has 2 unspecified atom stereocenters. The minimum absolute atomic E-state index is 0.00557. The van der Waals surface area contributed by atoms with Gasteiger partial charge in [-0.1, -0.05) is 49.2 Å². The van der Waals surface area contributed by atoms with E-state index in [0.717, 1.165) is 24.0 Å². The van der Waals surface area contributed by atoms with Crippen LogP contribution in [0, 0.1) is 31.1 Å². The number of ether oxygens (including phenoxy) is 2. The average Bonchev–Trinajstić information content (AvgIpc) is 3.10. The van der Waals surface area contributed by atoms with Crippen LogP contribution in [0.15, 0.2) is 59.7 Å². The summed E-state index contributed by atoms with van der Waals surface area (Å²) >= 11 is 0. The number of carbonyl (C=O) groups excluding carboxylic acids is 2. The molecule has 2 atom stereocenters. The van der Waals surface area contributed by atoms with Crippen molar-refractivity contribution in [2.45, 2.75) is 40.5 Å². The molecule has 0 N–H and O–H groups in total. The summed E-state index contributed by atoms with van der Waals surface area (Å²) in [4.78, 5) is 26.2. The Morgan fingerprint density at radius 1 is 0.724 bits per heavy atom.